The van der Waals surface area contributed by atoms with Gasteiger partial charge in [-0.2, -0.15) is 9.40 Å². The van der Waals surface area contributed by atoms with Crippen molar-refractivity contribution in [3.05, 3.63) is 33.7 Å². The molecule has 0 amide bonds. The zero-order chi connectivity index (χ0) is 15.6. The molecule has 0 saturated heterocycles. The first-order valence-corrected chi connectivity index (χ1v) is 8.37. The molecule has 1 N–H and O–H groups in total. The summed E-state index contributed by atoms with van der Waals surface area (Å²) in [7, 11) is -2.28. The van der Waals surface area contributed by atoms with Gasteiger partial charge in [-0.1, -0.05) is 11.6 Å². The van der Waals surface area contributed by atoms with Crippen LogP contribution < -0.4 is 0 Å². The molecule has 10 heteroatoms. The Labute approximate surface area is 130 Å². The minimum atomic E-state index is -3.72. The van der Waals surface area contributed by atoms with Crippen LogP contribution in [0.15, 0.2) is 29.4 Å². The highest BCUT2D eigenvalue weighted by molar-refractivity contribution is 7.89. The molecule has 0 radical (unpaired) electrons. The summed E-state index contributed by atoms with van der Waals surface area (Å²) in [5, 5.41) is 12.4. The summed E-state index contributed by atoms with van der Waals surface area (Å²) >= 11 is 7.11. The summed E-state index contributed by atoms with van der Waals surface area (Å²) in [6.45, 7) is -0.205. The van der Waals surface area contributed by atoms with E-state index in [9.17, 15) is 13.2 Å². The van der Waals surface area contributed by atoms with Crippen LogP contribution in [0.2, 0.25) is 4.34 Å². The van der Waals surface area contributed by atoms with Crippen LogP contribution in [0.3, 0.4) is 0 Å². The van der Waals surface area contributed by atoms with Gasteiger partial charge in [0.05, 0.1) is 10.5 Å². The lowest BCUT2D eigenvalue weighted by atomic mass is 10.5. The number of hydrogen-bond acceptors (Lipinski definition) is 5. The van der Waals surface area contributed by atoms with Gasteiger partial charge in [-0.15, -0.1) is 11.3 Å². The van der Waals surface area contributed by atoms with Crippen molar-refractivity contribution in [1.82, 2.24) is 14.1 Å². The third-order valence-corrected chi connectivity index (χ3v) is 5.59. The molecule has 2 heterocycles. The van der Waals surface area contributed by atoms with E-state index < -0.39 is 16.0 Å². The zero-order valence-corrected chi connectivity index (χ0v) is 13.3. The van der Waals surface area contributed by atoms with E-state index in [1.807, 2.05) is 0 Å². The van der Waals surface area contributed by atoms with Crippen LogP contribution in [0.4, 0.5) is 0 Å². The monoisotopic (exact) mass is 349 g/mol. The Hall–Kier alpha value is -1.42. The summed E-state index contributed by atoms with van der Waals surface area (Å²) < 4.78 is 27.5. The van der Waals surface area contributed by atoms with Crippen LogP contribution in [0, 0.1) is 0 Å². The quantitative estimate of drug-likeness (QED) is 0.853. The third-order valence-electron chi connectivity index (χ3n) is 2.62. The first-order chi connectivity index (χ1) is 9.79. The Morgan fingerprint density at radius 3 is 2.81 bits per heavy atom. The van der Waals surface area contributed by atoms with Crippen molar-refractivity contribution in [1.29, 1.82) is 0 Å². The largest absolute Gasteiger partial charge is 0.480 e. The highest BCUT2D eigenvalue weighted by atomic mass is 35.5. The molecule has 0 bridgehead atoms. The molecule has 2 rings (SSSR count). The molecule has 0 unspecified atom stereocenters. The number of carboxylic acid groups (broad SMARTS) is 1. The van der Waals surface area contributed by atoms with Crippen LogP contribution in [0.25, 0.3) is 0 Å². The Kier molecular flexibility index (Phi) is 4.67. The molecule has 2 aromatic rings. The Balaban J connectivity index is 2.16. The number of carbonyl (C=O) groups is 1. The minimum Gasteiger partial charge on any atom is -0.480 e. The summed E-state index contributed by atoms with van der Waals surface area (Å²) in [5.41, 5.74) is 0. The van der Waals surface area contributed by atoms with Crippen LogP contribution in [-0.2, 0) is 27.9 Å². The zero-order valence-electron chi connectivity index (χ0n) is 10.9. The summed E-state index contributed by atoms with van der Waals surface area (Å²) in [4.78, 5) is 11.3. The van der Waals surface area contributed by atoms with Gasteiger partial charge in [0.15, 0.2) is 0 Å². The van der Waals surface area contributed by atoms with Gasteiger partial charge in [0.2, 0.25) is 10.0 Å². The highest BCUT2D eigenvalue weighted by Gasteiger charge is 2.23. The lowest BCUT2D eigenvalue weighted by Gasteiger charge is -2.14. The number of hydrogen-bond donors (Lipinski definition) is 1. The summed E-state index contributed by atoms with van der Waals surface area (Å²) in [5.74, 6) is -1.09. The molecule has 0 aliphatic rings. The predicted octanol–water partition coefficient (Wildman–Crippen LogP) is 1.50. The van der Waals surface area contributed by atoms with Gasteiger partial charge in [0.1, 0.15) is 11.4 Å². The third kappa shape index (κ3) is 3.82. The second kappa shape index (κ2) is 6.14. The number of thiophene rings is 1. The Morgan fingerprint density at radius 1 is 1.52 bits per heavy atom. The maximum Gasteiger partial charge on any atom is 0.325 e. The van der Waals surface area contributed by atoms with Crippen LogP contribution in [-0.4, -0.2) is 40.6 Å². The van der Waals surface area contributed by atoms with Crippen molar-refractivity contribution >= 4 is 38.9 Å². The highest BCUT2D eigenvalue weighted by Crippen LogP contribution is 2.24. The van der Waals surface area contributed by atoms with Gasteiger partial charge in [-0.3, -0.25) is 9.48 Å². The predicted molar refractivity (Wildman–Crippen MR) is 77.8 cm³/mol. The molecule has 0 fully saturated rings. The number of aliphatic carboxylic acids is 1. The maximum atomic E-state index is 12.3. The molecule has 0 aliphatic carbocycles. The van der Waals surface area contributed by atoms with Gasteiger partial charge >= 0.3 is 5.97 Å². The fourth-order valence-corrected chi connectivity index (χ4v) is 3.95. The van der Waals surface area contributed by atoms with Crippen molar-refractivity contribution in [2.75, 3.05) is 7.05 Å². The summed E-state index contributed by atoms with van der Waals surface area (Å²) in [6.07, 6.45) is 2.33. The molecule has 0 aromatic carbocycles. The molecule has 0 spiro atoms. The standard InChI is InChI=1S/C11H12ClN3O4S2/c1-14(5-8-2-3-10(12)20-8)21(18,19)9-4-13-15(6-9)7-11(16)17/h2-4,6H,5,7H2,1H3,(H,16,17). The van der Waals surface area contributed by atoms with Crippen LogP contribution >= 0.6 is 22.9 Å². The number of sulfonamides is 1. The van der Waals surface area contributed by atoms with Gasteiger partial charge < -0.3 is 5.11 Å². The normalized spacial score (nSPS) is 12.0. The molecule has 0 saturated carbocycles. The average Bonchev–Trinajstić information content (AvgIpc) is 2.98. The van der Waals surface area contributed by atoms with E-state index in [0.717, 1.165) is 20.1 Å². The number of halogens is 1. The number of aromatic nitrogens is 2. The van der Waals surface area contributed by atoms with E-state index in [-0.39, 0.29) is 18.0 Å². The van der Waals surface area contributed by atoms with Crippen molar-refractivity contribution in [3.8, 4) is 0 Å². The smallest absolute Gasteiger partial charge is 0.325 e. The van der Waals surface area contributed by atoms with Crippen LogP contribution in [0.1, 0.15) is 4.88 Å². The molecule has 0 aliphatic heterocycles. The first-order valence-electron chi connectivity index (χ1n) is 5.74. The van der Waals surface area contributed by atoms with E-state index >= 15 is 0 Å². The van der Waals surface area contributed by atoms with Crippen LogP contribution in [0.5, 0.6) is 0 Å². The van der Waals surface area contributed by atoms with E-state index in [4.69, 9.17) is 16.7 Å². The molecular weight excluding hydrogens is 338 g/mol. The second-order valence-corrected chi connectivity index (χ2v) is 8.08. The number of rotatable bonds is 6. The van der Waals surface area contributed by atoms with Crippen molar-refractivity contribution in [3.63, 3.8) is 0 Å². The van der Waals surface area contributed by atoms with E-state index in [1.54, 1.807) is 12.1 Å². The molecule has 0 atom stereocenters. The molecule has 7 nitrogen and oxygen atoms in total. The topological polar surface area (TPSA) is 92.5 Å². The fourth-order valence-electron chi connectivity index (χ4n) is 1.62. The first kappa shape index (κ1) is 16.0. The lowest BCUT2D eigenvalue weighted by molar-refractivity contribution is -0.137. The lowest BCUT2D eigenvalue weighted by Crippen LogP contribution is -2.25. The molecule has 21 heavy (non-hydrogen) atoms. The summed E-state index contributed by atoms with van der Waals surface area (Å²) in [6, 6.07) is 3.46. The second-order valence-electron chi connectivity index (χ2n) is 4.23. The Bertz CT molecular complexity index is 753. The fraction of sp³-hybridized carbons (Fsp3) is 0.273. The van der Waals surface area contributed by atoms with Gasteiger partial charge in [0, 0.05) is 24.7 Å². The SMILES string of the molecule is CN(Cc1ccc(Cl)s1)S(=O)(=O)c1cnn(CC(=O)O)c1. The van der Waals surface area contributed by atoms with Crippen molar-refractivity contribution in [2.45, 2.75) is 18.0 Å². The minimum absolute atomic E-state index is 0.0473. The maximum absolute atomic E-state index is 12.3. The van der Waals surface area contributed by atoms with E-state index in [0.29, 0.717) is 4.34 Å². The Morgan fingerprint density at radius 2 is 2.24 bits per heavy atom. The van der Waals surface area contributed by atoms with E-state index in [1.165, 1.54) is 24.6 Å². The molecule has 2 aromatic heterocycles. The van der Waals surface area contributed by atoms with Gasteiger partial charge in [-0.25, -0.2) is 8.42 Å². The van der Waals surface area contributed by atoms with Crippen molar-refractivity contribution < 1.29 is 18.3 Å². The number of nitrogens with zero attached hydrogens (tertiary/aromatic N) is 3. The average molecular weight is 350 g/mol. The van der Waals surface area contributed by atoms with Crippen molar-refractivity contribution in [2.24, 2.45) is 0 Å². The van der Waals surface area contributed by atoms with E-state index in [2.05, 4.69) is 5.10 Å². The van der Waals surface area contributed by atoms with Gasteiger partial charge in [0.25, 0.3) is 0 Å². The van der Waals surface area contributed by atoms with Gasteiger partial charge in [-0.05, 0) is 12.1 Å². The molecule has 114 valence electrons. The number of carboxylic acids is 1. The molecular formula is C11H12ClN3O4S2.